The summed E-state index contributed by atoms with van der Waals surface area (Å²) >= 11 is 0. The molecule has 2 fully saturated rings. The first-order valence-corrected chi connectivity index (χ1v) is 7.75. The summed E-state index contributed by atoms with van der Waals surface area (Å²) in [5.41, 5.74) is 2.34. The molecule has 21 heavy (non-hydrogen) atoms. The van der Waals surface area contributed by atoms with Crippen LogP contribution in [0.3, 0.4) is 0 Å². The van der Waals surface area contributed by atoms with Crippen LogP contribution < -0.4 is 9.47 Å². The van der Waals surface area contributed by atoms with E-state index in [0.717, 1.165) is 43.0 Å². The van der Waals surface area contributed by atoms with Gasteiger partial charge in [0.2, 0.25) is 6.79 Å². The lowest BCUT2D eigenvalue weighted by molar-refractivity contribution is -0.0657. The molecule has 5 atom stereocenters. The maximum atomic E-state index is 10.6. The Bertz CT molecular complexity index is 604. The second-order valence-corrected chi connectivity index (χ2v) is 6.73. The van der Waals surface area contributed by atoms with Gasteiger partial charge in [-0.2, -0.15) is 0 Å². The average Bonchev–Trinajstić information content (AvgIpc) is 3.08. The summed E-state index contributed by atoms with van der Waals surface area (Å²) in [6.45, 7) is 2.23. The van der Waals surface area contributed by atoms with Crippen molar-refractivity contribution in [1.29, 1.82) is 0 Å². The Kier molecular flexibility index (Phi) is 2.41. The van der Waals surface area contributed by atoms with Crippen LogP contribution in [-0.4, -0.2) is 46.7 Å². The molecule has 0 amide bonds. The molecule has 1 saturated carbocycles. The van der Waals surface area contributed by atoms with Crippen molar-refractivity contribution in [1.82, 2.24) is 4.90 Å². The largest absolute Gasteiger partial charge is 0.454 e. The summed E-state index contributed by atoms with van der Waals surface area (Å²) in [7, 11) is 0. The predicted molar refractivity (Wildman–Crippen MR) is 74.2 cm³/mol. The predicted octanol–water partition coefficient (Wildman–Crippen LogP) is 0.828. The second kappa shape index (κ2) is 4.12. The minimum atomic E-state index is -0.689. The number of ether oxygens (including phenoxy) is 2. The van der Waals surface area contributed by atoms with Crippen molar-refractivity contribution in [2.75, 3.05) is 13.3 Å². The number of hydrogen-bond donors (Lipinski definition) is 2. The van der Waals surface area contributed by atoms with Gasteiger partial charge in [0.25, 0.3) is 0 Å². The molecule has 112 valence electrons. The fraction of sp³-hybridized carbons (Fsp3) is 0.625. The molecule has 1 saturated heterocycles. The van der Waals surface area contributed by atoms with E-state index in [1.54, 1.807) is 0 Å². The molecule has 5 nitrogen and oxygen atoms in total. The van der Waals surface area contributed by atoms with Crippen LogP contribution in [0.15, 0.2) is 12.1 Å². The van der Waals surface area contributed by atoms with Crippen molar-refractivity contribution >= 4 is 0 Å². The normalized spacial score (nSPS) is 40.0. The van der Waals surface area contributed by atoms with E-state index in [1.165, 1.54) is 5.56 Å². The summed E-state index contributed by atoms with van der Waals surface area (Å²) < 4.78 is 11.0. The lowest BCUT2D eigenvalue weighted by atomic mass is 9.68. The van der Waals surface area contributed by atoms with Gasteiger partial charge in [0, 0.05) is 18.5 Å². The Morgan fingerprint density at radius 2 is 1.95 bits per heavy atom. The lowest BCUT2D eigenvalue weighted by Crippen LogP contribution is -2.53. The van der Waals surface area contributed by atoms with Gasteiger partial charge in [-0.05, 0) is 48.6 Å². The van der Waals surface area contributed by atoms with Crippen LogP contribution in [0.2, 0.25) is 0 Å². The summed E-state index contributed by atoms with van der Waals surface area (Å²) in [5, 5.41) is 20.8. The topological polar surface area (TPSA) is 62.2 Å². The summed E-state index contributed by atoms with van der Waals surface area (Å²) in [5.74, 6) is 2.05. The Balaban J connectivity index is 1.66. The van der Waals surface area contributed by atoms with Crippen molar-refractivity contribution in [2.45, 2.75) is 43.6 Å². The third kappa shape index (κ3) is 1.57. The third-order valence-corrected chi connectivity index (χ3v) is 5.73. The summed E-state index contributed by atoms with van der Waals surface area (Å²) in [4.78, 5) is 2.47. The summed E-state index contributed by atoms with van der Waals surface area (Å²) in [6, 6.07) is 4.43. The second-order valence-electron chi connectivity index (χ2n) is 6.73. The Labute approximate surface area is 123 Å². The van der Waals surface area contributed by atoms with Gasteiger partial charge in [-0.25, -0.2) is 0 Å². The van der Waals surface area contributed by atoms with Crippen molar-refractivity contribution in [2.24, 2.45) is 5.92 Å². The van der Waals surface area contributed by atoms with Gasteiger partial charge in [-0.1, -0.05) is 0 Å². The molecule has 4 aliphatic rings. The third-order valence-electron chi connectivity index (χ3n) is 5.73. The van der Waals surface area contributed by atoms with E-state index in [0.29, 0.717) is 12.0 Å². The highest BCUT2D eigenvalue weighted by molar-refractivity contribution is 5.52. The zero-order valence-corrected chi connectivity index (χ0v) is 11.7. The molecule has 3 heterocycles. The smallest absolute Gasteiger partial charge is 0.231 e. The van der Waals surface area contributed by atoms with Crippen LogP contribution in [0.5, 0.6) is 11.5 Å². The molecule has 1 aliphatic carbocycles. The Hall–Kier alpha value is -1.30. The molecular formula is C16H19NO4. The molecule has 1 unspecified atom stereocenters. The number of aliphatic hydroxyl groups is 2. The molecule has 0 aromatic heterocycles. The van der Waals surface area contributed by atoms with E-state index in [2.05, 4.69) is 11.0 Å². The van der Waals surface area contributed by atoms with Crippen molar-refractivity contribution in [3.05, 3.63) is 23.3 Å². The lowest BCUT2D eigenvalue weighted by Gasteiger charge is -2.47. The molecule has 2 N–H and O–H groups in total. The van der Waals surface area contributed by atoms with Gasteiger partial charge < -0.3 is 19.7 Å². The van der Waals surface area contributed by atoms with Gasteiger partial charge in [-0.15, -0.1) is 0 Å². The molecule has 0 spiro atoms. The van der Waals surface area contributed by atoms with Crippen LogP contribution in [0.25, 0.3) is 0 Å². The van der Waals surface area contributed by atoms with Crippen LogP contribution in [-0.2, 0) is 6.54 Å². The number of benzene rings is 1. The zero-order valence-electron chi connectivity index (χ0n) is 11.7. The van der Waals surface area contributed by atoms with Crippen LogP contribution in [0, 0.1) is 5.92 Å². The zero-order chi connectivity index (χ0) is 14.1. The van der Waals surface area contributed by atoms with E-state index in [1.807, 2.05) is 6.07 Å². The molecule has 3 aliphatic heterocycles. The standard InChI is InChI=1S/C16H19NO4/c18-11-3-8-1-2-17-6-9-4-12-13(21-7-20-12)5-10(9)14(15(8)17)16(11)19/h4-5,8,11,14-16,18-19H,1-3,6-7H2/t8?,11-,14-,15+,16+/m0/s1. The van der Waals surface area contributed by atoms with Gasteiger partial charge in [-0.3, -0.25) is 4.90 Å². The Morgan fingerprint density at radius 1 is 1.14 bits per heavy atom. The first kappa shape index (κ1) is 12.3. The first-order chi connectivity index (χ1) is 10.2. The number of fused-ring (bicyclic) bond motifs is 3. The first-order valence-electron chi connectivity index (χ1n) is 7.75. The van der Waals surface area contributed by atoms with E-state index in [9.17, 15) is 10.2 Å². The van der Waals surface area contributed by atoms with Crippen molar-refractivity contribution < 1.29 is 19.7 Å². The molecule has 0 bridgehead atoms. The monoisotopic (exact) mass is 289 g/mol. The van der Waals surface area contributed by atoms with E-state index < -0.39 is 12.2 Å². The van der Waals surface area contributed by atoms with Crippen LogP contribution in [0.4, 0.5) is 0 Å². The van der Waals surface area contributed by atoms with Gasteiger partial charge in [0.15, 0.2) is 11.5 Å². The van der Waals surface area contributed by atoms with Gasteiger partial charge in [0.1, 0.15) is 0 Å². The van der Waals surface area contributed by atoms with Crippen LogP contribution in [0.1, 0.15) is 29.9 Å². The molecule has 1 aromatic carbocycles. The maximum absolute atomic E-state index is 10.6. The number of hydrogen-bond acceptors (Lipinski definition) is 5. The van der Waals surface area contributed by atoms with Crippen molar-refractivity contribution in [3.63, 3.8) is 0 Å². The molecule has 1 aromatic rings. The van der Waals surface area contributed by atoms with Crippen molar-refractivity contribution in [3.8, 4) is 11.5 Å². The number of rotatable bonds is 0. The van der Waals surface area contributed by atoms with Gasteiger partial charge in [0.05, 0.1) is 12.2 Å². The SMILES string of the molecule is O[C@H]1[C@H]2c3cc4c(cc3CN3CCC(C[C@@H]1O)[C@H]23)OCO4. The maximum Gasteiger partial charge on any atom is 0.231 e. The summed E-state index contributed by atoms with van der Waals surface area (Å²) in [6.07, 6.45) is 0.531. The fourth-order valence-corrected chi connectivity index (χ4v) is 4.84. The quantitative estimate of drug-likeness (QED) is 0.741. The molecule has 0 radical (unpaired) electrons. The highest BCUT2D eigenvalue weighted by Crippen LogP contribution is 2.51. The van der Waals surface area contributed by atoms with E-state index in [4.69, 9.17) is 9.47 Å². The fourth-order valence-electron chi connectivity index (χ4n) is 4.84. The molecule has 5 heteroatoms. The highest BCUT2D eigenvalue weighted by atomic mass is 16.7. The molecular weight excluding hydrogens is 270 g/mol. The number of nitrogens with zero attached hydrogens (tertiary/aromatic N) is 1. The minimum Gasteiger partial charge on any atom is -0.454 e. The highest BCUT2D eigenvalue weighted by Gasteiger charge is 2.52. The Morgan fingerprint density at radius 3 is 2.81 bits per heavy atom. The van der Waals surface area contributed by atoms with E-state index >= 15 is 0 Å². The van der Waals surface area contributed by atoms with Gasteiger partial charge >= 0.3 is 0 Å². The van der Waals surface area contributed by atoms with E-state index in [-0.39, 0.29) is 12.7 Å². The number of aliphatic hydroxyl groups excluding tert-OH is 2. The minimum absolute atomic E-state index is 0.0144. The van der Waals surface area contributed by atoms with Crippen LogP contribution >= 0.6 is 0 Å². The average molecular weight is 289 g/mol. The molecule has 5 rings (SSSR count).